The van der Waals surface area contributed by atoms with E-state index in [0.29, 0.717) is 5.56 Å². The molecule has 4 rings (SSSR count). The molecule has 8 heteroatoms. The summed E-state index contributed by atoms with van der Waals surface area (Å²) in [5, 5.41) is 9.29. The van der Waals surface area contributed by atoms with Gasteiger partial charge in [-0.05, 0) is 23.8 Å². The lowest BCUT2D eigenvalue weighted by atomic mass is 9.97. The Balaban J connectivity index is 0.00000121. The van der Waals surface area contributed by atoms with Gasteiger partial charge in [0.1, 0.15) is 0 Å². The third-order valence-electron chi connectivity index (χ3n) is 4.12. The molecule has 3 N–H and O–H groups in total. The molecular weight excluding hydrogens is 393 g/mol. The third kappa shape index (κ3) is 3.41. The molecule has 2 heterocycles. The molecule has 0 saturated heterocycles. The van der Waals surface area contributed by atoms with Crippen molar-refractivity contribution in [2.45, 2.75) is 5.92 Å². The van der Waals surface area contributed by atoms with Crippen molar-refractivity contribution in [3.05, 3.63) is 60.3 Å². The zero-order valence-corrected chi connectivity index (χ0v) is 16.0. The average molecular weight is 410 g/mol. The second-order valence-electron chi connectivity index (χ2n) is 5.60. The van der Waals surface area contributed by atoms with Crippen molar-refractivity contribution in [3.63, 3.8) is 0 Å². The van der Waals surface area contributed by atoms with Gasteiger partial charge < -0.3 is 10.8 Å². The van der Waals surface area contributed by atoms with Gasteiger partial charge in [0.05, 0.1) is 21.8 Å². The molecule has 0 bridgehead atoms. The predicted octanol–water partition coefficient (Wildman–Crippen LogP) is 4.19. The molecule has 0 amide bonds. The van der Waals surface area contributed by atoms with Gasteiger partial charge in [-0.15, -0.1) is 24.8 Å². The number of aromatic nitrogens is 2. The van der Waals surface area contributed by atoms with Crippen molar-refractivity contribution in [3.8, 4) is 11.3 Å². The fraction of sp³-hybridized carbons (Fsp3) is 0.111. The Morgan fingerprint density at radius 1 is 1.19 bits per heavy atom. The molecule has 4 aromatic rings. The quantitative estimate of drug-likeness (QED) is 0.529. The van der Waals surface area contributed by atoms with E-state index in [4.69, 9.17) is 10.7 Å². The Kier molecular flexibility index (Phi) is 6.26. The highest BCUT2D eigenvalue weighted by Crippen LogP contribution is 2.30. The minimum Gasteiger partial charge on any atom is -0.481 e. The van der Waals surface area contributed by atoms with E-state index in [1.165, 1.54) is 4.70 Å². The van der Waals surface area contributed by atoms with Gasteiger partial charge in [-0.3, -0.25) is 9.20 Å². The van der Waals surface area contributed by atoms with Crippen molar-refractivity contribution in [1.29, 1.82) is 0 Å². The van der Waals surface area contributed by atoms with E-state index in [0.717, 1.165) is 21.7 Å². The summed E-state index contributed by atoms with van der Waals surface area (Å²) in [5.41, 5.74) is 9.15. The number of halogens is 2. The number of hydrogen-bond donors (Lipinski definition) is 2. The SMILES string of the molecule is Cl.Cl.NCC(C(=O)O)c1cccc(-c2cn3c(n2)sc2ccccc23)c1. The summed E-state index contributed by atoms with van der Waals surface area (Å²) in [6.45, 7) is 0.0711. The lowest BCUT2D eigenvalue weighted by Gasteiger charge is -2.10. The predicted molar refractivity (Wildman–Crippen MR) is 110 cm³/mol. The fourth-order valence-corrected chi connectivity index (χ4v) is 3.89. The van der Waals surface area contributed by atoms with Crippen LogP contribution in [0.2, 0.25) is 0 Å². The lowest BCUT2D eigenvalue weighted by molar-refractivity contribution is -0.138. The summed E-state index contributed by atoms with van der Waals surface area (Å²) >= 11 is 1.63. The lowest BCUT2D eigenvalue weighted by Crippen LogP contribution is -2.21. The molecule has 1 atom stereocenters. The Morgan fingerprint density at radius 2 is 1.96 bits per heavy atom. The number of nitrogens with zero attached hydrogens (tertiary/aromatic N) is 2. The molecule has 5 nitrogen and oxygen atoms in total. The standard InChI is InChI=1S/C18H15N3O2S.2ClH/c19-9-13(17(22)23)11-4-3-5-12(8-11)14-10-21-15-6-1-2-7-16(15)24-18(21)20-14;;/h1-8,10,13H,9,19H2,(H,22,23);2*1H. The van der Waals surface area contributed by atoms with Gasteiger partial charge in [-0.1, -0.05) is 41.7 Å². The summed E-state index contributed by atoms with van der Waals surface area (Å²) in [5.74, 6) is -1.61. The molecule has 0 aliphatic carbocycles. The van der Waals surface area contributed by atoms with Crippen LogP contribution in [0.3, 0.4) is 0 Å². The number of aliphatic carboxylic acids is 1. The minimum absolute atomic E-state index is 0. The Morgan fingerprint density at radius 3 is 2.69 bits per heavy atom. The second kappa shape index (κ2) is 8.05. The number of benzene rings is 2. The van der Waals surface area contributed by atoms with Gasteiger partial charge in [-0.2, -0.15) is 0 Å². The van der Waals surface area contributed by atoms with Crippen molar-refractivity contribution >= 4 is 57.3 Å². The molecule has 136 valence electrons. The number of fused-ring (bicyclic) bond motifs is 3. The van der Waals surface area contributed by atoms with Gasteiger partial charge in [0.2, 0.25) is 0 Å². The highest BCUT2D eigenvalue weighted by atomic mass is 35.5. The van der Waals surface area contributed by atoms with Crippen LogP contribution in [-0.2, 0) is 4.79 Å². The maximum atomic E-state index is 11.3. The van der Waals surface area contributed by atoms with E-state index in [9.17, 15) is 9.90 Å². The molecule has 0 radical (unpaired) electrons. The first-order valence-electron chi connectivity index (χ1n) is 7.57. The normalized spacial score (nSPS) is 11.7. The Labute approximate surface area is 166 Å². The first kappa shape index (κ1) is 20.2. The molecule has 1 unspecified atom stereocenters. The number of para-hydroxylation sites is 1. The van der Waals surface area contributed by atoms with E-state index in [1.807, 2.05) is 36.5 Å². The van der Waals surface area contributed by atoms with E-state index in [1.54, 1.807) is 17.4 Å². The maximum Gasteiger partial charge on any atom is 0.312 e. The second-order valence-corrected chi connectivity index (χ2v) is 6.61. The van der Waals surface area contributed by atoms with Crippen LogP contribution in [-0.4, -0.2) is 27.0 Å². The van der Waals surface area contributed by atoms with Crippen LogP contribution in [0.5, 0.6) is 0 Å². The van der Waals surface area contributed by atoms with Gasteiger partial charge >= 0.3 is 5.97 Å². The molecule has 0 aliphatic rings. The van der Waals surface area contributed by atoms with E-state index in [2.05, 4.69) is 16.5 Å². The zero-order chi connectivity index (χ0) is 16.7. The zero-order valence-electron chi connectivity index (χ0n) is 13.5. The number of carboxylic acid groups (broad SMARTS) is 1. The summed E-state index contributed by atoms with van der Waals surface area (Å²) < 4.78 is 3.26. The molecule has 0 aliphatic heterocycles. The summed E-state index contributed by atoms with van der Waals surface area (Å²) in [4.78, 5) is 16.9. The smallest absolute Gasteiger partial charge is 0.312 e. The van der Waals surface area contributed by atoms with Crippen LogP contribution < -0.4 is 5.73 Å². The first-order chi connectivity index (χ1) is 11.7. The maximum absolute atomic E-state index is 11.3. The van der Waals surface area contributed by atoms with E-state index in [-0.39, 0.29) is 31.4 Å². The van der Waals surface area contributed by atoms with Crippen LogP contribution >= 0.6 is 36.2 Å². The number of thiazole rings is 1. The molecule has 0 fully saturated rings. The number of carbonyl (C=O) groups is 1. The van der Waals surface area contributed by atoms with Gasteiger partial charge in [0.15, 0.2) is 4.96 Å². The topological polar surface area (TPSA) is 80.6 Å². The highest BCUT2D eigenvalue weighted by Gasteiger charge is 2.19. The largest absolute Gasteiger partial charge is 0.481 e. The number of rotatable bonds is 4. The highest BCUT2D eigenvalue weighted by molar-refractivity contribution is 7.23. The van der Waals surface area contributed by atoms with Gasteiger partial charge in [0.25, 0.3) is 0 Å². The molecule has 2 aromatic heterocycles. The number of imidazole rings is 1. The van der Waals surface area contributed by atoms with Gasteiger partial charge in [-0.25, -0.2) is 4.98 Å². The average Bonchev–Trinajstić information content (AvgIpc) is 3.13. The van der Waals surface area contributed by atoms with Gasteiger partial charge in [0, 0.05) is 18.3 Å². The van der Waals surface area contributed by atoms with Crippen LogP contribution in [0, 0.1) is 0 Å². The fourth-order valence-electron chi connectivity index (χ4n) is 2.88. The number of hydrogen-bond acceptors (Lipinski definition) is 4. The van der Waals surface area contributed by atoms with Crippen LogP contribution in [0.1, 0.15) is 11.5 Å². The van der Waals surface area contributed by atoms with Crippen LogP contribution in [0.25, 0.3) is 26.4 Å². The molecule has 26 heavy (non-hydrogen) atoms. The number of nitrogens with two attached hydrogens (primary N) is 1. The van der Waals surface area contributed by atoms with Crippen molar-refractivity contribution in [2.75, 3.05) is 6.54 Å². The minimum atomic E-state index is -0.911. The summed E-state index contributed by atoms with van der Waals surface area (Å²) in [6, 6.07) is 15.6. The first-order valence-corrected chi connectivity index (χ1v) is 8.39. The molecule has 0 spiro atoms. The molecular formula is C18H17Cl2N3O2S. The summed E-state index contributed by atoms with van der Waals surface area (Å²) in [6.07, 6.45) is 1.99. The summed E-state index contributed by atoms with van der Waals surface area (Å²) in [7, 11) is 0. The van der Waals surface area contributed by atoms with E-state index >= 15 is 0 Å². The Bertz CT molecular complexity index is 1060. The van der Waals surface area contributed by atoms with Crippen molar-refractivity contribution in [2.24, 2.45) is 5.73 Å². The van der Waals surface area contributed by atoms with Crippen molar-refractivity contribution in [1.82, 2.24) is 9.38 Å². The van der Waals surface area contributed by atoms with Crippen molar-refractivity contribution < 1.29 is 9.90 Å². The monoisotopic (exact) mass is 409 g/mol. The Hall–Kier alpha value is -2.12. The molecule has 2 aromatic carbocycles. The third-order valence-corrected chi connectivity index (χ3v) is 5.15. The van der Waals surface area contributed by atoms with Crippen LogP contribution in [0.4, 0.5) is 0 Å². The molecule has 0 saturated carbocycles. The van der Waals surface area contributed by atoms with Crippen LogP contribution in [0.15, 0.2) is 54.7 Å². The number of carboxylic acids is 1. The van der Waals surface area contributed by atoms with E-state index < -0.39 is 11.9 Å².